The van der Waals surface area contributed by atoms with Crippen LogP contribution in [0.1, 0.15) is 31.4 Å². The summed E-state index contributed by atoms with van der Waals surface area (Å²) in [5, 5.41) is 12.3. The van der Waals surface area contributed by atoms with Gasteiger partial charge in [-0.2, -0.15) is 5.26 Å². The van der Waals surface area contributed by atoms with E-state index in [2.05, 4.69) is 18.3 Å². The SMILES string of the molecule is CCCCNC(C#N)c1ccc(OC)cc1. The molecule has 0 aromatic heterocycles. The van der Waals surface area contributed by atoms with E-state index in [1.807, 2.05) is 24.3 Å². The average Bonchev–Trinajstić information content (AvgIpc) is 2.35. The van der Waals surface area contributed by atoms with Gasteiger partial charge in [0.15, 0.2) is 0 Å². The first-order valence-corrected chi connectivity index (χ1v) is 5.58. The molecule has 86 valence electrons. The third kappa shape index (κ3) is 3.56. The Bertz CT molecular complexity index is 340. The monoisotopic (exact) mass is 218 g/mol. The van der Waals surface area contributed by atoms with E-state index in [-0.39, 0.29) is 6.04 Å². The summed E-state index contributed by atoms with van der Waals surface area (Å²) in [6.45, 7) is 3.01. The molecule has 0 spiro atoms. The summed E-state index contributed by atoms with van der Waals surface area (Å²) in [5.41, 5.74) is 0.986. The maximum atomic E-state index is 9.06. The maximum absolute atomic E-state index is 9.06. The Morgan fingerprint density at radius 1 is 1.38 bits per heavy atom. The summed E-state index contributed by atoms with van der Waals surface area (Å²) in [4.78, 5) is 0. The Hall–Kier alpha value is -1.53. The van der Waals surface area contributed by atoms with Crippen molar-refractivity contribution in [1.82, 2.24) is 5.32 Å². The zero-order chi connectivity index (χ0) is 11.8. The largest absolute Gasteiger partial charge is 0.497 e. The van der Waals surface area contributed by atoms with Crippen molar-refractivity contribution in [2.45, 2.75) is 25.8 Å². The summed E-state index contributed by atoms with van der Waals surface area (Å²) >= 11 is 0. The molecule has 0 saturated carbocycles. The smallest absolute Gasteiger partial charge is 0.121 e. The fourth-order valence-corrected chi connectivity index (χ4v) is 1.46. The summed E-state index contributed by atoms with van der Waals surface area (Å²) in [6.07, 6.45) is 2.22. The van der Waals surface area contributed by atoms with Crippen LogP contribution in [0.3, 0.4) is 0 Å². The molecule has 16 heavy (non-hydrogen) atoms. The van der Waals surface area contributed by atoms with Crippen LogP contribution >= 0.6 is 0 Å². The molecule has 3 heteroatoms. The summed E-state index contributed by atoms with van der Waals surface area (Å²) in [7, 11) is 1.64. The molecule has 0 amide bonds. The third-order valence-corrected chi connectivity index (χ3v) is 2.46. The third-order valence-electron chi connectivity index (χ3n) is 2.46. The van der Waals surface area contributed by atoms with Gasteiger partial charge < -0.3 is 4.74 Å². The molecule has 1 N–H and O–H groups in total. The van der Waals surface area contributed by atoms with E-state index >= 15 is 0 Å². The highest BCUT2D eigenvalue weighted by Crippen LogP contribution is 2.17. The molecule has 1 aromatic rings. The second-order valence-electron chi connectivity index (χ2n) is 3.64. The van der Waals surface area contributed by atoms with Gasteiger partial charge in [-0.05, 0) is 30.7 Å². The number of nitriles is 1. The van der Waals surface area contributed by atoms with E-state index in [1.165, 1.54) is 0 Å². The lowest BCUT2D eigenvalue weighted by molar-refractivity contribution is 0.414. The molecule has 0 heterocycles. The Morgan fingerprint density at radius 3 is 2.56 bits per heavy atom. The lowest BCUT2D eigenvalue weighted by atomic mass is 10.1. The van der Waals surface area contributed by atoms with Crippen molar-refractivity contribution < 1.29 is 4.74 Å². The predicted octanol–water partition coefficient (Wildman–Crippen LogP) is 2.65. The number of nitrogens with one attached hydrogen (secondary N) is 1. The van der Waals surface area contributed by atoms with Gasteiger partial charge >= 0.3 is 0 Å². The fraction of sp³-hybridized carbons (Fsp3) is 0.462. The van der Waals surface area contributed by atoms with E-state index in [4.69, 9.17) is 10.00 Å². The fourth-order valence-electron chi connectivity index (χ4n) is 1.46. The number of nitrogens with zero attached hydrogens (tertiary/aromatic N) is 1. The van der Waals surface area contributed by atoms with Gasteiger partial charge in [0.05, 0.1) is 13.2 Å². The van der Waals surface area contributed by atoms with E-state index in [9.17, 15) is 0 Å². The molecule has 0 radical (unpaired) electrons. The Labute approximate surface area is 97.0 Å². The maximum Gasteiger partial charge on any atom is 0.121 e. The van der Waals surface area contributed by atoms with Crippen molar-refractivity contribution in [2.24, 2.45) is 0 Å². The number of ether oxygens (including phenoxy) is 1. The van der Waals surface area contributed by atoms with E-state index < -0.39 is 0 Å². The summed E-state index contributed by atoms with van der Waals surface area (Å²) in [6, 6.07) is 9.64. The molecule has 1 aromatic carbocycles. The zero-order valence-electron chi connectivity index (χ0n) is 9.86. The van der Waals surface area contributed by atoms with Gasteiger partial charge in [0.25, 0.3) is 0 Å². The van der Waals surface area contributed by atoms with Crippen molar-refractivity contribution in [2.75, 3.05) is 13.7 Å². The predicted molar refractivity (Wildman–Crippen MR) is 64.3 cm³/mol. The molecule has 0 aliphatic carbocycles. The minimum Gasteiger partial charge on any atom is -0.497 e. The zero-order valence-corrected chi connectivity index (χ0v) is 9.86. The van der Waals surface area contributed by atoms with Crippen molar-refractivity contribution in [3.63, 3.8) is 0 Å². The van der Waals surface area contributed by atoms with Gasteiger partial charge in [0.2, 0.25) is 0 Å². The summed E-state index contributed by atoms with van der Waals surface area (Å²) in [5.74, 6) is 0.814. The highest BCUT2D eigenvalue weighted by molar-refractivity contribution is 5.31. The Kier molecular flexibility index (Phi) is 5.38. The van der Waals surface area contributed by atoms with Crippen LogP contribution in [0.5, 0.6) is 5.75 Å². The van der Waals surface area contributed by atoms with Gasteiger partial charge in [0.1, 0.15) is 11.8 Å². The van der Waals surface area contributed by atoms with Crippen molar-refractivity contribution >= 4 is 0 Å². The van der Waals surface area contributed by atoms with E-state index in [0.29, 0.717) is 0 Å². The van der Waals surface area contributed by atoms with Crippen LogP contribution in [0.15, 0.2) is 24.3 Å². The summed E-state index contributed by atoms with van der Waals surface area (Å²) < 4.78 is 5.08. The van der Waals surface area contributed by atoms with E-state index in [0.717, 1.165) is 30.7 Å². The number of methoxy groups -OCH3 is 1. The average molecular weight is 218 g/mol. The number of hydrogen-bond acceptors (Lipinski definition) is 3. The second-order valence-corrected chi connectivity index (χ2v) is 3.64. The molecule has 0 bridgehead atoms. The van der Waals surface area contributed by atoms with Crippen LogP contribution in [0.4, 0.5) is 0 Å². The van der Waals surface area contributed by atoms with Crippen molar-refractivity contribution in [3.8, 4) is 11.8 Å². The molecule has 0 saturated heterocycles. The van der Waals surface area contributed by atoms with Crippen LogP contribution in [-0.2, 0) is 0 Å². The van der Waals surface area contributed by atoms with Crippen LogP contribution in [0.25, 0.3) is 0 Å². The molecule has 0 aliphatic heterocycles. The van der Waals surface area contributed by atoms with Crippen LogP contribution in [0.2, 0.25) is 0 Å². The molecule has 1 unspecified atom stereocenters. The Balaban J connectivity index is 2.61. The number of hydrogen-bond donors (Lipinski definition) is 1. The van der Waals surface area contributed by atoms with Crippen molar-refractivity contribution in [1.29, 1.82) is 5.26 Å². The van der Waals surface area contributed by atoms with E-state index in [1.54, 1.807) is 7.11 Å². The highest BCUT2D eigenvalue weighted by atomic mass is 16.5. The second kappa shape index (κ2) is 6.86. The topological polar surface area (TPSA) is 45.0 Å². The molecule has 3 nitrogen and oxygen atoms in total. The van der Waals surface area contributed by atoms with Gasteiger partial charge in [-0.15, -0.1) is 0 Å². The van der Waals surface area contributed by atoms with Gasteiger partial charge in [0, 0.05) is 0 Å². The lowest BCUT2D eigenvalue weighted by Gasteiger charge is -2.11. The number of unbranched alkanes of at least 4 members (excludes halogenated alkanes) is 1. The molecule has 1 rings (SSSR count). The quantitative estimate of drug-likeness (QED) is 0.746. The first-order chi connectivity index (χ1) is 7.81. The van der Waals surface area contributed by atoms with Gasteiger partial charge in [-0.25, -0.2) is 0 Å². The minimum atomic E-state index is -0.225. The molecule has 0 fully saturated rings. The van der Waals surface area contributed by atoms with Crippen LogP contribution in [0, 0.1) is 11.3 Å². The molecule has 1 atom stereocenters. The first kappa shape index (κ1) is 12.5. The van der Waals surface area contributed by atoms with Crippen LogP contribution in [-0.4, -0.2) is 13.7 Å². The molecule has 0 aliphatic rings. The van der Waals surface area contributed by atoms with Crippen LogP contribution < -0.4 is 10.1 Å². The Morgan fingerprint density at radius 2 is 2.06 bits per heavy atom. The molecular weight excluding hydrogens is 200 g/mol. The van der Waals surface area contributed by atoms with Gasteiger partial charge in [-0.3, -0.25) is 5.32 Å². The number of benzene rings is 1. The number of rotatable bonds is 6. The molecular formula is C13H18N2O. The highest BCUT2D eigenvalue weighted by Gasteiger charge is 2.08. The minimum absolute atomic E-state index is 0.225. The van der Waals surface area contributed by atoms with Crippen molar-refractivity contribution in [3.05, 3.63) is 29.8 Å². The lowest BCUT2D eigenvalue weighted by Crippen LogP contribution is -2.20. The first-order valence-electron chi connectivity index (χ1n) is 5.58. The standard InChI is InChI=1S/C13H18N2O/c1-3-4-9-15-13(10-14)11-5-7-12(16-2)8-6-11/h5-8,13,15H,3-4,9H2,1-2H3. The van der Waals surface area contributed by atoms with Gasteiger partial charge in [-0.1, -0.05) is 25.5 Å². The normalized spacial score (nSPS) is 11.8.